The smallest absolute Gasteiger partial charge is 0.170 e. The van der Waals surface area contributed by atoms with E-state index in [9.17, 15) is 0 Å². The van der Waals surface area contributed by atoms with Gasteiger partial charge in [0.05, 0.1) is 13.2 Å². The molecular weight excluding hydrogens is 274 g/mol. The Morgan fingerprint density at radius 1 is 1.14 bits per heavy atom. The van der Waals surface area contributed by atoms with E-state index in [0.717, 1.165) is 25.3 Å². The molecule has 1 aromatic rings. The first-order chi connectivity index (χ1) is 10.3. The fraction of sp³-hybridized carbons (Fsp3) is 0.500. The topological polar surface area (TPSA) is 109 Å². The average molecular weight is 297 g/mol. The van der Waals surface area contributed by atoms with Crippen molar-refractivity contribution in [2.24, 2.45) is 10.9 Å². The van der Waals surface area contributed by atoms with Crippen LogP contribution in [0.3, 0.4) is 0 Å². The van der Waals surface area contributed by atoms with Gasteiger partial charge in [-0.15, -0.1) is 0 Å². The van der Waals surface area contributed by atoms with Crippen LogP contribution in [0.4, 0.5) is 0 Å². The molecular formula is C14H23N3O4. The Bertz CT molecular complexity index is 409. The summed E-state index contributed by atoms with van der Waals surface area (Å²) in [7, 11) is 0. The van der Waals surface area contributed by atoms with E-state index >= 15 is 0 Å². The molecule has 0 atom stereocenters. The standard InChI is InChI=1S/C14H23N3O4/c15-14(17-19)12-2-4-13(5-3-12)21-10-7-16-6-1-9-20-11-8-18/h2-5,16,18-19H,1,6-11H2,(H2,15,17). The number of hydrogen-bond acceptors (Lipinski definition) is 6. The van der Waals surface area contributed by atoms with Gasteiger partial charge < -0.3 is 30.8 Å². The average Bonchev–Trinajstić information content (AvgIpc) is 2.53. The summed E-state index contributed by atoms with van der Waals surface area (Å²) in [6.45, 7) is 3.24. The molecule has 0 aromatic heterocycles. The summed E-state index contributed by atoms with van der Waals surface area (Å²) in [5, 5.41) is 23.2. The van der Waals surface area contributed by atoms with Crippen LogP contribution in [0.5, 0.6) is 5.75 Å². The zero-order chi connectivity index (χ0) is 15.3. The van der Waals surface area contributed by atoms with E-state index in [2.05, 4.69) is 10.5 Å². The van der Waals surface area contributed by atoms with Crippen LogP contribution in [0, 0.1) is 0 Å². The predicted molar refractivity (Wildman–Crippen MR) is 79.8 cm³/mol. The Balaban J connectivity index is 2.08. The third kappa shape index (κ3) is 7.50. The summed E-state index contributed by atoms with van der Waals surface area (Å²) in [5.41, 5.74) is 6.11. The first kappa shape index (κ1) is 17.2. The number of benzene rings is 1. The van der Waals surface area contributed by atoms with Crippen molar-refractivity contribution < 1.29 is 19.8 Å². The lowest BCUT2D eigenvalue weighted by Gasteiger charge is -2.08. The summed E-state index contributed by atoms with van der Waals surface area (Å²) in [6.07, 6.45) is 0.897. The SMILES string of the molecule is N/C(=N/O)c1ccc(OCCNCCCOCCO)cc1. The van der Waals surface area contributed by atoms with Crippen molar-refractivity contribution in [3.63, 3.8) is 0 Å². The molecule has 1 aromatic carbocycles. The van der Waals surface area contributed by atoms with Gasteiger partial charge in [0.15, 0.2) is 5.84 Å². The molecule has 0 spiro atoms. The molecule has 0 heterocycles. The van der Waals surface area contributed by atoms with Crippen molar-refractivity contribution in [1.82, 2.24) is 5.32 Å². The van der Waals surface area contributed by atoms with Crippen molar-refractivity contribution in [1.29, 1.82) is 0 Å². The lowest BCUT2D eigenvalue weighted by atomic mass is 10.2. The maximum atomic E-state index is 8.55. The number of oxime groups is 1. The molecule has 0 aliphatic heterocycles. The van der Waals surface area contributed by atoms with Crippen molar-refractivity contribution in [2.45, 2.75) is 6.42 Å². The molecule has 0 radical (unpaired) electrons. The molecule has 0 saturated carbocycles. The van der Waals surface area contributed by atoms with Crippen molar-refractivity contribution in [3.05, 3.63) is 29.8 Å². The highest BCUT2D eigenvalue weighted by atomic mass is 16.5. The minimum atomic E-state index is 0.0653. The lowest BCUT2D eigenvalue weighted by molar-refractivity contribution is 0.0906. The van der Waals surface area contributed by atoms with Crippen LogP contribution in [0.25, 0.3) is 0 Å². The first-order valence-corrected chi connectivity index (χ1v) is 6.88. The molecule has 118 valence electrons. The number of amidine groups is 1. The molecule has 21 heavy (non-hydrogen) atoms. The van der Waals surface area contributed by atoms with E-state index in [0.29, 0.717) is 25.4 Å². The number of nitrogens with two attached hydrogens (primary N) is 1. The van der Waals surface area contributed by atoms with Gasteiger partial charge in [0, 0.05) is 18.7 Å². The van der Waals surface area contributed by atoms with E-state index in [-0.39, 0.29) is 12.4 Å². The normalized spacial score (nSPS) is 11.6. The van der Waals surface area contributed by atoms with E-state index < -0.39 is 0 Å². The molecule has 0 fully saturated rings. The van der Waals surface area contributed by atoms with Crippen molar-refractivity contribution in [3.8, 4) is 5.75 Å². The highest BCUT2D eigenvalue weighted by molar-refractivity contribution is 5.97. The molecule has 7 heteroatoms. The lowest BCUT2D eigenvalue weighted by Crippen LogP contribution is -2.23. The molecule has 0 aliphatic carbocycles. The Kier molecular flexibility index (Phi) is 8.94. The second-order valence-corrected chi connectivity index (χ2v) is 4.30. The van der Waals surface area contributed by atoms with E-state index in [1.165, 1.54) is 0 Å². The number of nitrogens with zero attached hydrogens (tertiary/aromatic N) is 1. The van der Waals surface area contributed by atoms with Crippen LogP contribution in [0.2, 0.25) is 0 Å². The van der Waals surface area contributed by atoms with Gasteiger partial charge in [0.2, 0.25) is 0 Å². The van der Waals surface area contributed by atoms with Crippen LogP contribution in [-0.4, -0.2) is 55.7 Å². The van der Waals surface area contributed by atoms with Gasteiger partial charge >= 0.3 is 0 Å². The fourth-order valence-corrected chi connectivity index (χ4v) is 1.61. The van der Waals surface area contributed by atoms with Gasteiger partial charge in [-0.3, -0.25) is 0 Å². The molecule has 0 amide bonds. The van der Waals surface area contributed by atoms with Gasteiger partial charge in [-0.2, -0.15) is 0 Å². The summed E-state index contributed by atoms with van der Waals surface area (Å²) in [4.78, 5) is 0. The van der Waals surface area contributed by atoms with Crippen LogP contribution < -0.4 is 15.8 Å². The molecule has 1 rings (SSSR count). The second kappa shape index (κ2) is 10.9. The molecule has 7 nitrogen and oxygen atoms in total. The zero-order valence-corrected chi connectivity index (χ0v) is 12.0. The summed E-state index contributed by atoms with van der Waals surface area (Å²) in [5.74, 6) is 0.809. The monoisotopic (exact) mass is 297 g/mol. The fourth-order valence-electron chi connectivity index (χ4n) is 1.61. The highest BCUT2D eigenvalue weighted by Gasteiger charge is 1.99. The molecule has 0 aliphatic rings. The minimum Gasteiger partial charge on any atom is -0.492 e. The third-order valence-corrected chi connectivity index (χ3v) is 2.68. The largest absolute Gasteiger partial charge is 0.492 e. The maximum Gasteiger partial charge on any atom is 0.170 e. The number of aliphatic hydroxyl groups excluding tert-OH is 1. The summed E-state index contributed by atoms with van der Waals surface area (Å²) >= 11 is 0. The van der Waals surface area contributed by atoms with Gasteiger partial charge in [0.25, 0.3) is 0 Å². The molecule has 5 N–H and O–H groups in total. The molecule has 0 bridgehead atoms. The van der Waals surface area contributed by atoms with Crippen LogP contribution >= 0.6 is 0 Å². The van der Waals surface area contributed by atoms with Gasteiger partial charge in [-0.25, -0.2) is 0 Å². The van der Waals surface area contributed by atoms with Gasteiger partial charge in [-0.1, -0.05) is 5.16 Å². The number of hydrogen-bond donors (Lipinski definition) is 4. The van der Waals surface area contributed by atoms with Gasteiger partial charge in [-0.05, 0) is 37.2 Å². The Morgan fingerprint density at radius 2 is 1.90 bits per heavy atom. The van der Waals surface area contributed by atoms with E-state index in [1.54, 1.807) is 24.3 Å². The van der Waals surface area contributed by atoms with E-state index in [4.69, 9.17) is 25.5 Å². The van der Waals surface area contributed by atoms with E-state index in [1.807, 2.05) is 0 Å². The van der Waals surface area contributed by atoms with Crippen LogP contribution in [0.15, 0.2) is 29.4 Å². The van der Waals surface area contributed by atoms with Crippen molar-refractivity contribution in [2.75, 3.05) is 39.5 Å². The summed E-state index contributed by atoms with van der Waals surface area (Å²) < 4.78 is 10.7. The Hall–Kier alpha value is -1.83. The number of ether oxygens (including phenoxy) is 2. The maximum absolute atomic E-state index is 8.55. The Morgan fingerprint density at radius 3 is 2.57 bits per heavy atom. The number of rotatable bonds is 11. The first-order valence-electron chi connectivity index (χ1n) is 6.88. The second-order valence-electron chi connectivity index (χ2n) is 4.30. The van der Waals surface area contributed by atoms with Crippen molar-refractivity contribution >= 4 is 5.84 Å². The quantitative estimate of drug-likeness (QED) is 0.152. The number of nitrogens with one attached hydrogen (secondary N) is 1. The third-order valence-electron chi connectivity index (χ3n) is 2.68. The van der Waals surface area contributed by atoms with Crippen LogP contribution in [-0.2, 0) is 4.74 Å². The van der Waals surface area contributed by atoms with Crippen LogP contribution in [0.1, 0.15) is 12.0 Å². The predicted octanol–water partition coefficient (Wildman–Crippen LogP) is 0.148. The number of aliphatic hydroxyl groups is 1. The highest BCUT2D eigenvalue weighted by Crippen LogP contribution is 2.11. The summed E-state index contributed by atoms with van der Waals surface area (Å²) in [6, 6.07) is 7.01. The molecule has 0 saturated heterocycles. The molecule has 0 unspecified atom stereocenters. The zero-order valence-electron chi connectivity index (χ0n) is 12.0. The Labute approximate surface area is 124 Å². The minimum absolute atomic E-state index is 0.0653. The van der Waals surface area contributed by atoms with Gasteiger partial charge in [0.1, 0.15) is 12.4 Å².